The summed E-state index contributed by atoms with van der Waals surface area (Å²) in [7, 11) is 0. The number of carbonyl (C=O) groups is 2. The molecule has 0 aliphatic heterocycles. The van der Waals surface area contributed by atoms with Crippen LogP contribution in [0.15, 0.2) is 34.5 Å². The van der Waals surface area contributed by atoms with Crippen molar-refractivity contribution >= 4 is 18.0 Å². The molecule has 0 aliphatic carbocycles. The Balaban J connectivity index is 2.06. The SMILES string of the molecule is Cc1cc(/C=C(\C#N)C(=O)O[C@@H](C)C(=O)NCc2ccco2)c(C)n1CC(C)C. The first-order chi connectivity index (χ1) is 13.7. The number of carbonyl (C=O) groups excluding carboxylic acids is 2. The summed E-state index contributed by atoms with van der Waals surface area (Å²) in [4.78, 5) is 24.5. The average Bonchev–Trinajstić information content (AvgIpc) is 3.27. The van der Waals surface area contributed by atoms with Gasteiger partial charge in [-0.15, -0.1) is 0 Å². The molecule has 2 aromatic heterocycles. The van der Waals surface area contributed by atoms with Crippen LogP contribution in [0, 0.1) is 31.1 Å². The molecule has 2 rings (SSSR count). The van der Waals surface area contributed by atoms with Crippen LogP contribution in [0.1, 0.15) is 43.5 Å². The highest BCUT2D eigenvalue weighted by atomic mass is 16.5. The molecule has 0 spiro atoms. The molecule has 154 valence electrons. The average molecular weight is 397 g/mol. The number of aromatic nitrogens is 1. The molecule has 2 heterocycles. The number of nitriles is 1. The molecule has 0 saturated carbocycles. The summed E-state index contributed by atoms with van der Waals surface area (Å²) in [5.41, 5.74) is 2.66. The number of nitrogens with zero attached hydrogens (tertiary/aromatic N) is 2. The van der Waals surface area contributed by atoms with Gasteiger partial charge in [0.2, 0.25) is 0 Å². The van der Waals surface area contributed by atoms with Gasteiger partial charge in [-0.1, -0.05) is 13.8 Å². The molecule has 0 aromatic carbocycles. The Hall–Kier alpha value is -3.27. The van der Waals surface area contributed by atoms with Gasteiger partial charge < -0.3 is 19.0 Å². The first-order valence-electron chi connectivity index (χ1n) is 9.52. The standard InChI is InChI=1S/C22H27N3O4/c1-14(2)13-25-15(3)9-18(16(25)4)10-19(11-23)22(27)29-17(5)21(26)24-12-20-7-6-8-28-20/h6-10,14,17H,12-13H2,1-5H3,(H,24,26)/b19-10+/t17-/m0/s1. The Kier molecular flexibility index (Phi) is 7.43. The van der Waals surface area contributed by atoms with E-state index in [0.717, 1.165) is 23.5 Å². The van der Waals surface area contributed by atoms with Crippen molar-refractivity contribution in [3.8, 4) is 6.07 Å². The Labute approximate surface area is 171 Å². The largest absolute Gasteiger partial charge is 0.467 e. The van der Waals surface area contributed by atoms with Crippen LogP contribution in [-0.4, -0.2) is 22.5 Å². The molecular weight excluding hydrogens is 370 g/mol. The lowest BCUT2D eigenvalue weighted by Gasteiger charge is -2.13. The highest BCUT2D eigenvalue weighted by Crippen LogP contribution is 2.20. The molecule has 0 aliphatic rings. The summed E-state index contributed by atoms with van der Waals surface area (Å²) in [6.07, 6.45) is 1.98. The van der Waals surface area contributed by atoms with Crippen LogP contribution in [-0.2, 0) is 27.4 Å². The Bertz CT molecular complexity index is 930. The van der Waals surface area contributed by atoms with Crippen molar-refractivity contribution in [1.82, 2.24) is 9.88 Å². The Morgan fingerprint density at radius 3 is 2.66 bits per heavy atom. The molecule has 1 N–H and O–H groups in total. The van der Waals surface area contributed by atoms with Crippen molar-refractivity contribution in [3.05, 3.63) is 52.7 Å². The number of furan rings is 1. The number of nitrogens with one attached hydrogen (secondary N) is 1. The summed E-state index contributed by atoms with van der Waals surface area (Å²) in [6, 6.07) is 7.25. The van der Waals surface area contributed by atoms with Gasteiger partial charge in [0, 0.05) is 17.9 Å². The van der Waals surface area contributed by atoms with Crippen LogP contribution in [0.2, 0.25) is 0 Å². The van der Waals surface area contributed by atoms with Crippen molar-refractivity contribution in [3.63, 3.8) is 0 Å². The third-order valence-corrected chi connectivity index (χ3v) is 4.47. The fourth-order valence-corrected chi connectivity index (χ4v) is 2.92. The molecule has 0 unspecified atom stereocenters. The van der Waals surface area contributed by atoms with Crippen molar-refractivity contribution < 1.29 is 18.7 Å². The minimum Gasteiger partial charge on any atom is -0.467 e. The predicted octanol–water partition coefficient (Wildman–Crippen LogP) is 3.51. The first-order valence-corrected chi connectivity index (χ1v) is 9.52. The van der Waals surface area contributed by atoms with E-state index in [1.54, 1.807) is 12.1 Å². The van der Waals surface area contributed by atoms with E-state index < -0.39 is 18.0 Å². The third-order valence-electron chi connectivity index (χ3n) is 4.47. The van der Waals surface area contributed by atoms with Gasteiger partial charge in [-0.05, 0) is 56.5 Å². The second-order valence-corrected chi connectivity index (χ2v) is 7.35. The van der Waals surface area contributed by atoms with E-state index in [-0.39, 0.29) is 12.1 Å². The molecular formula is C22H27N3O4. The lowest BCUT2D eigenvalue weighted by Crippen LogP contribution is -2.35. The number of rotatable bonds is 8. The fourth-order valence-electron chi connectivity index (χ4n) is 2.92. The summed E-state index contributed by atoms with van der Waals surface area (Å²) in [5, 5.41) is 12.0. The van der Waals surface area contributed by atoms with Crippen LogP contribution >= 0.6 is 0 Å². The lowest BCUT2D eigenvalue weighted by molar-refractivity contribution is -0.150. The van der Waals surface area contributed by atoms with Crippen LogP contribution in [0.5, 0.6) is 0 Å². The molecule has 0 bridgehead atoms. The van der Waals surface area contributed by atoms with Gasteiger partial charge in [0.05, 0.1) is 12.8 Å². The predicted molar refractivity (Wildman–Crippen MR) is 108 cm³/mol. The molecule has 2 aromatic rings. The highest BCUT2D eigenvalue weighted by Gasteiger charge is 2.21. The molecule has 7 nitrogen and oxygen atoms in total. The summed E-state index contributed by atoms with van der Waals surface area (Å²) in [6.45, 7) is 10.7. The maximum atomic E-state index is 12.4. The van der Waals surface area contributed by atoms with Crippen LogP contribution in [0.25, 0.3) is 6.08 Å². The van der Waals surface area contributed by atoms with Crippen molar-refractivity contribution in [2.75, 3.05) is 0 Å². The van der Waals surface area contributed by atoms with Gasteiger partial charge >= 0.3 is 5.97 Å². The summed E-state index contributed by atoms with van der Waals surface area (Å²) in [5.74, 6) is -0.243. The molecule has 7 heteroatoms. The molecule has 0 radical (unpaired) electrons. The zero-order valence-corrected chi connectivity index (χ0v) is 17.5. The van der Waals surface area contributed by atoms with E-state index >= 15 is 0 Å². The van der Waals surface area contributed by atoms with Crippen molar-refractivity contribution in [2.45, 2.75) is 53.8 Å². The number of esters is 1. The van der Waals surface area contributed by atoms with Crippen LogP contribution < -0.4 is 5.32 Å². The first kappa shape index (κ1) is 22.0. The van der Waals surface area contributed by atoms with E-state index in [4.69, 9.17) is 9.15 Å². The zero-order valence-electron chi connectivity index (χ0n) is 17.5. The summed E-state index contributed by atoms with van der Waals surface area (Å²) >= 11 is 0. The van der Waals surface area contributed by atoms with Crippen molar-refractivity contribution in [1.29, 1.82) is 5.26 Å². The van der Waals surface area contributed by atoms with Gasteiger partial charge in [0.25, 0.3) is 5.91 Å². The molecule has 1 atom stereocenters. The number of hydrogen-bond donors (Lipinski definition) is 1. The van der Waals surface area contributed by atoms with Gasteiger partial charge in [0.1, 0.15) is 17.4 Å². The molecule has 0 fully saturated rings. The molecule has 1 amide bonds. The van der Waals surface area contributed by atoms with Gasteiger partial charge in [0.15, 0.2) is 6.10 Å². The smallest absolute Gasteiger partial charge is 0.349 e. The fraction of sp³-hybridized carbons (Fsp3) is 0.409. The lowest BCUT2D eigenvalue weighted by atomic mass is 10.1. The van der Waals surface area contributed by atoms with Crippen LogP contribution in [0.4, 0.5) is 0 Å². The second kappa shape index (κ2) is 9.78. The number of hydrogen-bond acceptors (Lipinski definition) is 5. The summed E-state index contributed by atoms with van der Waals surface area (Å²) < 4.78 is 12.5. The normalized spacial score (nSPS) is 12.5. The molecule has 29 heavy (non-hydrogen) atoms. The number of amides is 1. The minimum absolute atomic E-state index is 0.152. The van der Waals surface area contributed by atoms with E-state index in [0.29, 0.717) is 11.7 Å². The maximum absolute atomic E-state index is 12.4. The topological polar surface area (TPSA) is 97.3 Å². The van der Waals surface area contributed by atoms with Gasteiger partial charge in [-0.2, -0.15) is 5.26 Å². The quantitative estimate of drug-likeness (QED) is 0.418. The second-order valence-electron chi connectivity index (χ2n) is 7.35. The van der Waals surface area contributed by atoms with Crippen molar-refractivity contribution in [2.24, 2.45) is 5.92 Å². The maximum Gasteiger partial charge on any atom is 0.349 e. The van der Waals surface area contributed by atoms with Gasteiger partial charge in [-0.25, -0.2) is 4.79 Å². The third kappa shape index (κ3) is 5.85. The van der Waals surface area contributed by atoms with E-state index in [1.165, 1.54) is 19.3 Å². The monoisotopic (exact) mass is 397 g/mol. The molecule has 0 saturated heterocycles. The minimum atomic E-state index is -1.04. The van der Waals surface area contributed by atoms with E-state index in [2.05, 4.69) is 23.7 Å². The number of aryl methyl sites for hydroxylation is 1. The Morgan fingerprint density at radius 2 is 2.07 bits per heavy atom. The van der Waals surface area contributed by atoms with E-state index in [1.807, 2.05) is 26.0 Å². The van der Waals surface area contributed by atoms with E-state index in [9.17, 15) is 14.9 Å². The van der Waals surface area contributed by atoms with Crippen LogP contribution in [0.3, 0.4) is 0 Å². The zero-order chi connectivity index (χ0) is 21.6. The van der Waals surface area contributed by atoms with Gasteiger partial charge in [-0.3, -0.25) is 4.79 Å². The highest BCUT2D eigenvalue weighted by molar-refractivity contribution is 5.99. The Morgan fingerprint density at radius 1 is 1.34 bits per heavy atom. The number of ether oxygens (including phenoxy) is 1.